The van der Waals surface area contributed by atoms with Gasteiger partial charge >= 0.3 is 0 Å². The summed E-state index contributed by atoms with van der Waals surface area (Å²) in [6, 6.07) is 13.5. The lowest BCUT2D eigenvalue weighted by molar-refractivity contribution is 0.147. The Morgan fingerprint density at radius 1 is 1.15 bits per heavy atom. The molecule has 2 unspecified atom stereocenters. The molecule has 0 spiro atoms. The summed E-state index contributed by atoms with van der Waals surface area (Å²) >= 11 is 9.47. The van der Waals surface area contributed by atoms with Crippen LogP contribution in [0.1, 0.15) is 28.7 Å². The van der Waals surface area contributed by atoms with E-state index < -0.39 is 6.10 Å². The molecule has 20 heavy (non-hydrogen) atoms. The van der Waals surface area contributed by atoms with Crippen molar-refractivity contribution in [1.82, 2.24) is 0 Å². The largest absolute Gasteiger partial charge is 0.388 e. The molecule has 0 saturated heterocycles. The predicted molar refractivity (Wildman–Crippen MR) is 87.1 cm³/mol. The monoisotopic (exact) mass is 353 g/mol. The minimum atomic E-state index is -0.668. The fourth-order valence-electron chi connectivity index (χ4n) is 2.32. The lowest BCUT2D eigenvalue weighted by atomic mass is 9.89. The molecule has 3 N–H and O–H groups in total. The van der Waals surface area contributed by atoms with E-state index in [9.17, 15) is 5.11 Å². The van der Waals surface area contributed by atoms with E-state index in [2.05, 4.69) is 15.9 Å². The Kier molecular flexibility index (Phi) is 5.22. The van der Waals surface area contributed by atoms with Crippen molar-refractivity contribution in [3.63, 3.8) is 0 Å². The van der Waals surface area contributed by atoms with Crippen molar-refractivity contribution in [2.24, 2.45) is 5.73 Å². The highest BCUT2D eigenvalue weighted by molar-refractivity contribution is 9.10. The number of halogens is 2. The second kappa shape index (κ2) is 6.72. The normalized spacial score (nSPS) is 14.1. The summed E-state index contributed by atoms with van der Waals surface area (Å²) in [6.45, 7) is 2.33. The summed E-state index contributed by atoms with van der Waals surface area (Å²) in [5.74, 6) is -0.152. The first-order chi connectivity index (χ1) is 9.51. The molecule has 0 amide bonds. The molecule has 0 aliphatic heterocycles. The number of nitrogens with two attached hydrogens (primary N) is 1. The van der Waals surface area contributed by atoms with Gasteiger partial charge in [0.2, 0.25) is 0 Å². The number of aliphatic hydroxyl groups is 1. The number of hydrogen-bond donors (Lipinski definition) is 2. The molecule has 2 atom stereocenters. The molecule has 0 bridgehead atoms. The summed E-state index contributed by atoms with van der Waals surface area (Å²) in [5, 5.41) is 11.2. The maximum Gasteiger partial charge on any atom is 0.0871 e. The number of aliphatic hydroxyl groups excluding tert-OH is 1. The average Bonchev–Trinajstić information content (AvgIpc) is 2.40. The highest BCUT2D eigenvalue weighted by atomic mass is 79.9. The van der Waals surface area contributed by atoms with Crippen molar-refractivity contribution in [3.8, 4) is 0 Å². The Morgan fingerprint density at radius 2 is 1.80 bits per heavy atom. The quantitative estimate of drug-likeness (QED) is 0.865. The molecular weight excluding hydrogens is 338 g/mol. The summed E-state index contributed by atoms with van der Waals surface area (Å²) in [6.07, 6.45) is -0.668. The van der Waals surface area contributed by atoms with Crippen LogP contribution in [0, 0.1) is 6.92 Å². The molecule has 4 heteroatoms. The molecule has 106 valence electrons. The molecule has 0 heterocycles. The summed E-state index contributed by atoms with van der Waals surface area (Å²) in [7, 11) is 0. The van der Waals surface area contributed by atoms with Gasteiger partial charge in [0.1, 0.15) is 0 Å². The summed E-state index contributed by atoms with van der Waals surface area (Å²) < 4.78 is 1.00. The molecule has 0 aromatic heterocycles. The van der Waals surface area contributed by atoms with Crippen LogP contribution in [-0.4, -0.2) is 11.7 Å². The van der Waals surface area contributed by atoms with Gasteiger partial charge < -0.3 is 10.8 Å². The summed E-state index contributed by atoms with van der Waals surface area (Å²) in [4.78, 5) is 0. The minimum absolute atomic E-state index is 0.152. The third-order valence-electron chi connectivity index (χ3n) is 3.34. The zero-order chi connectivity index (χ0) is 14.7. The number of benzene rings is 2. The van der Waals surface area contributed by atoms with Crippen molar-refractivity contribution in [3.05, 3.63) is 68.7 Å². The van der Waals surface area contributed by atoms with Crippen molar-refractivity contribution in [2.45, 2.75) is 18.9 Å². The number of hydrogen-bond acceptors (Lipinski definition) is 2. The van der Waals surface area contributed by atoms with E-state index >= 15 is 0 Å². The van der Waals surface area contributed by atoms with Crippen LogP contribution < -0.4 is 5.73 Å². The minimum Gasteiger partial charge on any atom is -0.388 e. The van der Waals surface area contributed by atoms with Crippen LogP contribution in [0.5, 0.6) is 0 Å². The second-order valence-electron chi connectivity index (χ2n) is 4.90. The predicted octanol–water partition coefficient (Wildman–Crippen LogP) is 4.19. The van der Waals surface area contributed by atoms with Crippen molar-refractivity contribution >= 4 is 27.5 Å². The number of rotatable bonds is 4. The van der Waals surface area contributed by atoms with Gasteiger partial charge in [-0.15, -0.1) is 0 Å². The molecule has 0 radical (unpaired) electrons. The first-order valence-corrected chi connectivity index (χ1v) is 7.59. The van der Waals surface area contributed by atoms with E-state index in [4.69, 9.17) is 17.3 Å². The van der Waals surface area contributed by atoms with E-state index in [0.717, 1.165) is 21.2 Å². The van der Waals surface area contributed by atoms with Gasteiger partial charge in [-0.3, -0.25) is 0 Å². The van der Waals surface area contributed by atoms with Crippen LogP contribution in [-0.2, 0) is 0 Å². The standard InChI is InChI=1S/C16H17BrClNO/c1-10-6-12(8-14(18)7-10)16(20)15(9-19)11-2-4-13(17)5-3-11/h2-8,15-16,20H,9,19H2,1H3. The molecule has 2 aromatic rings. The Morgan fingerprint density at radius 3 is 2.35 bits per heavy atom. The fourth-order valence-corrected chi connectivity index (χ4v) is 2.89. The highest BCUT2D eigenvalue weighted by Gasteiger charge is 2.22. The van der Waals surface area contributed by atoms with Crippen LogP contribution in [0.4, 0.5) is 0 Å². The van der Waals surface area contributed by atoms with E-state index in [1.165, 1.54) is 0 Å². The van der Waals surface area contributed by atoms with Gasteiger partial charge in [0.25, 0.3) is 0 Å². The molecule has 0 aliphatic carbocycles. The first-order valence-electron chi connectivity index (χ1n) is 6.42. The van der Waals surface area contributed by atoms with Gasteiger partial charge in [0, 0.05) is 22.0 Å². The van der Waals surface area contributed by atoms with Crippen LogP contribution >= 0.6 is 27.5 Å². The highest BCUT2D eigenvalue weighted by Crippen LogP contribution is 2.32. The van der Waals surface area contributed by atoms with Gasteiger partial charge in [-0.2, -0.15) is 0 Å². The van der Waals surface area contributed by atoms with Crippen LogP contribution in [0.3, 0.4) is 0 Å². The lowest BCUT2D eigenvalue weighted by Crippen LogP contribution is -2.20. The molecule has 0 fully saturated rings. The van der Waals surface area contributed by atoms with Gasteiger partial charge in [-0.25, -0.2) is 0 Å². The Balaban J connectivity index is 2.33. The van der Waals surface area contributed by atoms with E-state index in [1.54, 1.807) is 6.07 Å². The molecule has 2 rings (SSSR count). The van der Waals surface area contributed by atoms with Gasteiger partial charge in [-0.1, -0.05) is 45.7 Å². The maximum atomic E-state index is 10.6. The molecule has 2 aromatic carbocycles. The van der Waals surface area contributed by atoms with Gasteiger partial charge in [0.15, 0.2) is 0 Å². The molecule has 2 nitrogen and oxygen atoms in total. The third-order valence-corrected chi connectivity index (χ3v) is 4.09. The third kappa shape index (κ3) is 3.61. The van der Waals surface area contributed by atoms with Crippen LogP contribution in [0.2, 0.25) is 5.02 Å². The van der Waals surface area contributed by atoms with E-state index in [0.29, 0.717) is 11.6 Å². The van der Waals surface area contributed by atoms with Crippen LogP contribution in [0.15, 0.2) is 46.9 Å². The topological polar surface area (TPSA) is 46.2 Å². The summed E-state index contributed by atoms with van der Waals surface area (Å²) in [5.41, 5.74) is 8.69. The Labute approximate surface area is 132 Å². The SMILES string of the molecule is Cc1cc(Cl)cc(C(O)C(CN)c2ccc(Br)cc2)c1. The van der Waals surface area contributed by atoms with Gasteiger partial charge in [0.05, 0.1) is 6.10 Å². The smallest absolute Gasteiger partial charge is 0.0871 e. The molecule has 0 saturated carbocycles. The zero-order valence-corrected chi connectivity index (χ0v) is 13.5. The Hall–Kier alpha value is -0.870. The van der Waals surface area contributed by atoms with Crippen LogP contribution in [0.25, 0.3) is 0 Å². The maximum absolute atomic E-state index is 10.6. The second-order valence-corrected chi connectivity index (χ2v) is 6.25. The zero-order valence-electron chi connectivity index (χ0n) is 11.2. The Bertz CT molecular complexity index is 565. The molecular formula is C16H17BrClNO. The average molecular weight is 355 g/mol. The van der Waals surface area contributed by atoms with Crippen molar-refractivity contribution in [1.29, 1.82) is 0 Å². The van der Waals surface area contributed by atoms with Crippen molar-refractivity contribution < 1.29 is 5.11 Å². The molecule has 0 aliphatic rings. The van der Waals surface area contributed by atoms with Crippen molar-refractivity contribution in [2.75, 3.05) is 6.54 Å². The lowest BCUT2D eigenvalue weighted by Gasteiger charge is -2.23. The number of aryl methyl sites for hydroxylation is 1. The fraction of sp³-hybridized carbons (Fsp3) is 0.250. The first kappa shape index (κ1) is 15.5. The van der Waals surface area contributed by atoms with E-state index in [-0.39, 0.29) is 5.92 Å². The van der Waals surface area contributed by atoms with Gasteiger partial charge in [-0.05, 0) is 47.9 Å². The van der Waals surface area contributed by atoms with E-state index in [1.807, 2.05) is 43.3 Å².